The summed E-state index contributed by atoms with van der Waals surface area (Å²) in [7, 11) is 1.54. The van der Waals surface area contributed by atoms with Gasteiger partial charge in [-0.25, -0.2) is 0 Å². The minimum atomic E-state index is -0.214. The van der Waals surface area contributed by atoms with Crippen molar-refractivity contribution in [3.63, 3.8) is 0 Å². The second kappa shape index (κ2) is 9.46. The fourth-order valence-electron chi connectivity index (χ4n) is 3.17. The van der Waals surface area contributed by atoms with Crippen LogP contribution in [0.1, 0.15) is 29.6 Å². The van der Waals surface area contributed by atoms with E-state index in [2.05, 4.69) is 10.6 Å². The highest BCUT2D eigenvalue weighted by molar-refractivity contribution is 6.32. The topological polar surface area (TPSA) is 70.7 Å². The molecule has 0 bridgehead atoms. The number of ether oxygens (including phenoxy) is 1. The number of amides is 2. The maximum absolute atomic E-state index is 12.6. The van der Waals surface area contributed by atoms with Gasteiger partial charge in [-0.15, -0.1) is 0 Å². The lowest BCUT2D eigenvalue weighted by atomic mass is 10.1. The molecule has 7 heteroatoms. The van der Waals surface area contributed by atoms with E-state index in [9.17, 15) is 9.59 Å². The van der Waals surface area contributed by atoms with Crippen LogP contribution in [0.15, 0.2) is 42.5 Å². The largest absolute Gasteiger partial charge is 0.495 e. The zero-order valence-electron chi connectivity index (χ0n) is 15.8. The van der Waals surface area contributed by atoms with Crippen LogP contribution in [0.5, 0.6) is 5.75 Å². The number of piperidine rings is 1. The van der Waals surface area contributed by atoms with Crippen molar-refractivity contribution in [2.24, 2.45) is 0 Å². The highest BCUT2D eigenvalue weighted by atomic mass is 35.5. The number of hydrogen-bond acceptors (Lipinski definition) is 4. The minimum absolute atomic E-state index is 0.0423. The van der Waals surface area contributed by atoms with Crippen LogP contribution in [0, 0.1) is 0 Å². The Hall–Kier alpha value is -2.73. The van der Waals surface area contributed by atoms with Crippen LogP contribution in [-0.4, -0.2) is 43.5 Å². The van der Waals surface area contributed by atoms with Gasteiger partial charge in [0.2, 0.25) is 5.91 Å². The third-order valence-electron chi connectivity index (χ3n) is 4.64. The monoisotopic (exact) mass is 401 g/mol. The van der Waals surface area contributed by atoms with Crippen LogP contribution >= 0.6 is 11.6 Å². The third kappa shape index (κ3) is 5.16. The lowest BCUT2D eigenvalue weighted by molar-refractivity contribution is -0.114. The van der Waals surface area contributed by atoms with Gasteiger partial charge >= 0.3 is 0 Å². The molecule has 1 fully saturated rings. The molecule has 0 aromatic heterocycles. The lowest BCUT2D eigenvalue weighted by Gasteiger charge is -2.26. The Kier molecular flexibility index (Phi) is 6.76. The van der Waals surface area contributed by atoms with E-state index < -0.39 is 0 Å². The van der Waals surface area contributed by atoms with Crippen molar-refractivity contribution in [2.45, 2.75) is 19.3 Å². The van der Waals surface area contributed by atoms with E-state index in [4.69, 9.17) is 16.3 Å². The summed E-state index contributed by atoms with van der Waals surface area (Å²) in [6.07, 6.45) is 3.29. The number of halogens is 1. The number of nitrogens with one attached hydrogen (secondary N) is 2. The summed E-state index contributed by atoms with van der Waals surface area (Å²) in [5.41, 5.74) is 1.95. The predicted molar refractivity (Wildman–Crippen MR) is 111 cm³/mol. The number of nitrogens with zero attached hydrogens (tertiary/aromatic N) is 1. The van der Waals surface area contributed by atoms with Gasteiger partial charge in [-0.05, 0) is 55.7 Å². The second-order valence-corrected chi connectivity index (χ2v) is 7.09. The van der Waals surface area contributed by atoms with Gasteiger partial charge in [0.25, 0.3) is 5.91 Å². The Bertz CT molecular complexity index is 851. The Morgan fingerprint density at radius 3 is 2.57 bits per heavy atom. The quantitative estimate of drug-likeness (QED) is 0.766. The molecule has 2 N–H and O–H groups in total. The standard InChI is InChI=1S/C21H24ClN3O3/c1-28-19-9-8-17(13-18(19)22)24-20(26)14-23-16-7-5-6-15(12-16)21(27)25-10-3-2-4-11-25/h5-9,12-13,23H,2-4,10-11,14H2,1H3,(H,24,26). The lowest BCUT2D eigenvalue weighted by Crippen LogP contribution is -2.35. The second-order valence-electron chi connectivity index (χ2n) is 6.68. The molecule has 0 radical (unpaired) electrons. The fraction of sp³-hybridized carbons (Fsp3) is 0.333. The number of rotatable bonds is 6. The van der Waals surface area contributed by atoms with Gasteiger partial charge < -0.3 is 20.3 Å². The van der Waals surface area contributed by atoms with E-state index in [1.807, 2.05) is 23.1 Å². The van der Waals surface area contributed by atoms with Crippen molar-refractivity contribution in [3.05, 3.63) is 53.1 Å². The molecule has 0 atom stereocenters. The highest BCUT2D eigenvalue weighted by Crippen LogP contribution is 2.27. The van der Waals surface area contributed by atoms with Crippen LogP contribution < -0.4 is 15.4 Å². The average molecular weight is 402 g/mol. The Morgan fingerprint density at radius 1 is 1.07 bits per heavy atom. The summed E-state index contributed by atoms with van der Waals surface area (Å²) in [5.74, 6) is 0.377. The smallest absolute Gasteiger partial charge is 0.253 e. The molecule has 1 aliphatic heterocycles. The number of methoxy groups -OCH3 is 1. The van der Waals surface area contributed by atoms with Crippen LogP contribution in [0.2, 0.25) is 5.02 Å². The van der Waals surface area contributed by atoms with Crippen LogP contribution in [0.3, 0.4) is 0 Å². The average Bonchev–Trinajstić information content (AvgIpc) is 2.73. The third-order valence-corrected chi connectivity index (χ3v) is 4.94. The van der Waals surface area contributed by atoms with Crippen LogP contribution in [0.4, 0.5) is 11.4 Å². The van der Waals surface area contributed by atoms with Gasteiger partial charge in [0.1, 0.15) is 5.75 Å². The summed E-state index contributed by atoms with van der Waals surface area (Å²) in [6.45, 7) is 1.69. The molecular formula is C21H24ClN3O3. The first-order valence-electron chi connectivity index (χ1n) is 9.33. The first kappa shape index (κ1) is 20.0. The summed E-state index contributed by atoms with van der Waals surface area (Å²) in [5, 5.41) is 6.26. The van der Waals surface area contributed by atoms with E-state index >= 15 is 0 Å². The zero-order valence-corrected chi connectivity index (χ0v) is 16.6. The van der Waals surface area contributed by atoms with Crippen molar-refractivity contribution in [3.8, 4) is 5.75 Å². The Balaban J connectivity index is 1.56. The minimum Gasteiger partial charge on any atom is -0.495 e. The number of hydrogen-bond donors (Lipinski definition) is 2. The molecule has 1 aliphatic rings. The summed E-state index contributed by atoms with van der Waals surface area (Å²) in [6, 6.07) is 12.3. The molecule has 0 unspecified atom stereocenters. The van der Waals surface area contributed by atoms with E-state index in [0.29, 0.717) is 22.0 Å². The van der Waals surface area contributed by atoms with Gasteiger partial charge in [0, 0.05) is 30.0 Å². The molecule has 0 spiro atoms. The molecule has 1 saturated heterocycles. The highest BCUT2D eigenvalue weighted by Gasteiger charge is 2.18. The van der Waals surface area contributed by atoms with E-state index in [1.165, 1.54) is 13.5 Å². The van der Waals surface area contributed by atoms with Crippen molar-refractivity contribution in [1.82, 2.24) is 4.90 Å². The molecule has 2 aromatic rings. The first-order chi connectivity index (χ1) is 13.6. The molecule has 6 nitrogen and oxygen atoms in total. The van der Waals surface area contributed by atoms with Gasteiger partial charge in [0.15, 0.2) is 0 Å². The molecular weight excluding hydrogens is 378 g/mol. The normalized spacial score (nSPS) is 13.7. The maximum atomic E-state index is 12.6. The molecule has 28 heavy (non-hydrogen) atoms. The number of benzene rings is 2. The summed E-state index contributed by atoms with van der Waals surface area (Å²) in [4.78, 5) is 26.7. The molecule has 1 heterocycles. The number of anilines is 2. The Morgan fingerprint density at radius 2 is 1.86 bits per heavy atom. The van der Waals surface area contributed by atoms with Crippen LogP contribution in [-0.2, 0) is 4.79 Å². The predicted octanol–water partition coefficient (Wildman–Crippen LogP) is 4.03. The van der Waals surface area contributed by atoms with Crippen molar-refractivity contribution in [1.29, 1.82) is 0 Å². The molecule has 0 aliphatic carbocycles. The number of likely N-dealkylation sites (tertiary alicyclic amines) is 1. The first-order valence-corrected chi connectivity index (χ1v) is 9.71. The van der Waals surface area contributed by atoms with Crippen molar-refractivity contribution in [2.75, 3.05) is 37.4 Å². The molecule has 0 saturated carbocycles. The number of carbonyl (C=O) groups is 2. The van der Waals surface area contributed by atoms with Gasteiger partial charge in [-0.2, -0.15) is 0 Å². The summed E-state index contributed by atoms with van der Waals surface area (Å²) < 4.78 is 5.10. The van der Waals surface area contributed by atoms with E-state index in [0.717, 1.165) is 31.6 Å². The van der Waals surface area contributed by atoms with Crippen molar-refractivity contribution < 1.29 is 14.3 Å². The maximum Gasteiger partial charge on any atom is 0.253 e. The SMILES string of the molecule is COc1ccc(NC(=O)CNc2cccc(C(=O)N3CCCCC3)c2)cc1Cl. The van der Waals surface area contributed by atoms with E-state index in [-0.39, 0.29) is 18.4 Å². The van der Waals surface area contributed by atoms with Gasteiger partial charge in [-0.3, -0.25) is 9.59 Å². The van der Waals surface area contributed by atoms with Crippen molar-refractivity contribution >= 4 is 34.8 Å². The van der Waals surface area contributed by atoms with E-state index in [1.54, 1.807) is 24.3 Å². The number of carbonyl (C=O) groups excluding carboxylic acids is 2. The Labute approximate surface area is 169 Å². The summed E-state index contributed by atoms with van der Waals surface area (Å²) >= 11 is 6.07. The van der Waals surface area contributed by atoms with Crippen LogP contribution in [0.25, 0.3) is 0 Å². The molecule has 2 aromatic carbocycles. The zero-order chi connectivity index (χ0) is 19.9. The molecule has 2 amide bonds. The fourth-order valence-corrected chi connectivity index (χ4v) is 3.43. The molecule has 3 rings (SSSR count). The molecule has 148 valence electrons. The van der Waals surface area contributed by atoms with Gasteiger partial charge in [-0.1, -0.05) is 17.7 Å². The van der Waals surface area contributed by atoms with Gasteiger partial charge in [0.05, 0.1) is 18.7 Å².